The number of rotatable bonds is 4. The molecule has 4 aromatic rings. The molecule has 0 radical (unpaired) electrons. The minimum atomic E-state index is -0.196. The third kappa shape index (κ3) is 3.25. The number of H-pyrrole nitrogens is 1. The van der Waals surface area contributed by atoms with Crippen molar-refractivity contribution < 1.29 is 4.79 Å². The third-order valence-electron chi connectivity index (χ3n) is 4.76. The second-order valence-corrected chi connectivity index (χ2v) is 6.85. The Labute approximate surface area is 167 Å². The zero-order valence-corrected chi connectivity index (χ0v) is 16.4. The highest BCUT2D eigenvalue weighted by molar-refractivity contribution is 6.00. The maximum Gasteiger partial charge on any atom is 0.257 e. The molecule has 0 bridgehead atoms. The van der Waals surface area contributed by atoms with E-state index >= 15 is 0 Å². The molecule has 0 saturated heterocycles. The molecule has 0 fully saturated rings. The van der Waals surface area contributed by atoms with Gasteiger partial charge in [0.15, 0.2) is 5.65 Å². The number of nitrogens with zero attached hydrogens (tertiary/aromatic N) is 4. The van der Waals surface area contributed by atoms with E-state index in [1.54, 1.807) is 32.6 Å². The molecule has 0 aliphatic rings. The number of anilines is 2. The van der Waals surface area contributed by atoms with Gasteiger partial charge in [-0.05, 0) is 18.2 Å². The smallest absolute Gasteiger partial charge is 0.257 e. The number of nitrogen functional groups attached to an aromatic ring is 1. The molecule has 1 aromatic carbocycles. The van der Waals surface area contributed by atoms with Crippen LogP contribution in [0.15, 0.2) is 48.8 Å². The molecule has 0 atom stereocenters. The molecule has 8 heteroatoms. The molecule has 0 aliphatic heterocycles. The lowest BCUT2D eigenvalue weighted by molar-refractivity contribution is 0.0828. The van der Waals surface area contributed by atoms with Crippen molar-refractivity contribution in [3.05, 3.63) is 54.4 Å². The molecule has 0 saturated carbocycles. The summed E-state index contributed by atoms with van der Waals surface area (Å²) in [5, 5.41) is 11.5. The average Bonchev–Trinajstić information content (AvgIpc) is 3.16. The molecule has 146 valence electrons. The topological polar surface area (TPSA) is 113 Å². The Morgan fingerprint density at radius 1 is 1.10 bits per heavy atom. The molecule has 4 N–H and O–H groups in total. The SMILES string of the molecule is CNc1ccccc1-c1[nH]nc2ncc(-c3cnc(N)c(C(=O)N(C)C)c3)cc12. The van der Waals surface area contributed by atoms with Crippen LogP contribution in [0.3, 0.4) is 0 Å². The number of amides is 1. The highest BCUT2D eigenvalue weighted by Gasteiger charge is 2.16. The fourth-order valence-electron chi connectivity index (χ4n) is 3.23. The summed E-state index contributed by atoms with van der Waals surface area (Å²) in [5.41, 5.74) is 11.3. The molecule has 8 nitrogen and oxygen atoms in total. The fourth-order valence-corrected chi connectivity index (χ4v) is 3.23. The quantitative estimate of drug-likeness (QED) is 0.496. The Kier molecular flexibility index (Phi) is 4.59. The summed E-state index contributed by atoms with van der Waals surface area (Å²) in [7, 11) is 5.24. The van der Waals surface area contributed by atoms with E-state index in [0.29, 0.717) is 11.2 Å². The molecule has 1 amide bonds. The number of hydrogen-bond donors (Lipinski definition) is 3. The number of carbonyl (C=O) groups is 1. The molecular weight excluding hydrogens is 366 g/mol. The van der Waals surface area contributed by atoms with Crippen LogP contribution in [0, 0.1) is 0 Å². The number of para-hydroxylation sites is 1. The largest absolute Gasteiger partial charge is 0.388 e. The number of benzene rings is 1. The van der Waals surface area contributed by atoms with E-state index in [1.807, 2.05) is 37.4 Å². The van der Waals surface area contributed by atoms with E-state index in [1.165, 1.54) is 4.90 Å². The number of pyridine rings is 2. The first kappa shape index (κ1) is 18.4. The van der Waals surface area contributed by atoms with Crippen molar-refractivity contribution in [1.82, 2.24) is 25.1 Å². The van der Waals surface area contributed by atoms with Gasteiger partial charge in [0.2, 0.25) is 0 Å². The van der Waals surface area contributed by atoms with Gasteiger partial charge in [0.1, 0.15) is 5.82 Å². The molecule has 0 unspecified atom stereocenters. The lowest BCUT2D eigenvalue weighted by Crippen LogP contribution is -2.23. The third-order valence-corrected chi connectivity index (χ3v) is 4.76. The van der Waals surface area contributed by atoms with Crippen LogP contribution in [0.1, 0.15) is 10.4 Å². The Morgan fingerprint density at radius 2 is 1.83 bits per heavy atom. The fraction of sp³-hybridized carbons (Fsp3) is 0.143. The number of nitrogens with two attached hydrogens (primary N) is 1. The second-order valence-electron chi connectivity index (χ2n) is 6.85. The summed E-state index contributed by atoms with van der Waals surface area (Å²) in [6, 6.07) is 11.7. The summed E-state index contributed by atoms with van der Waals surface area (Å²) in [5.74, 6) is 0.00581. The van der Waals surface area contributed by atoms with E-state index < -0.39 is 0 Å². The summed E-state index contributed by atoms with van der Waals surface area (Å²) in [6.07, 6.45) is 3.36. The molecule has 0 spiro atoms. The zero-order valence-electron chi connectivity index (χ0n) is 16.4. The van der Waals surface area contributed by atoms with Gasteiger partial charge in [-0.3, -0.25) is 9.89 Å². The van der Waals surface area contributed by atoms with Crippen molar-refractivity contribution >= 4 is 28.4 Å². The minimum Gasteiger partial charge on any atom is -0.388 e. The van der Waals surface area contributed by atoms with Gasteiger partial charge in [-0.2, -0.15) is 5.10 Å². The average molecular weight is 387 g/mol. The summed E-state index contributed by atoms with van der Waals surface area (Å²) in [6.45, 7) is 0. The van der Waals surface area contributed by atoms with Gasteiger partial charge < -0.3 is 16.0 Å². The Bertz CT molecular complexity index is 1210. The van der Waals surface area contributed by atoms with Crippen LogP contribution in [0.5, 0.6) is 0 Å². The van der Waals surface area contributed by atoms with Gasteiger partial charge in [-0.25, -0.2) is 9.97 Å². The first-order chi connectivity index (χ1) is 14.0. The summed E-state index contributed by atoms with van der Waals surface area (Å²) < 4.78 is 0. The molecule has 29 heavy (non-hydrogen) atoms. The van der Waals surface area contributed by atoms with Gasteiger partial charge >= 0.3 is 0 Å². The van der Waals surface area contributed by atoms with Gasteiger partial charge in [0.25, 0.3) is 5.91 Å². The maximum absolute atomic E-state index is 12.4. The Hall–Kier alpha value is -3.94. The van der Waals surface area contributed by atoms with E-state index in [0.717, 1.165) is 33.5 Å². The van der Waals surface area contributed by atoms with Crippen LogP contribution >= 0.6 is 0 Å². The predicted molar refractivity (Wildman–Crippen MR) is 115 cm³/mol. The molecule has 3 aromatic heterocycles. The first-order valence-electron chi connectivity index (χ1n) is 9.08. The van der Waals surface area contributed by atoms with Crippen LogP contribution in [0.4, 0.5) is 11.5 Å². The Balaban J connectivity index is 1.85. The number of hydrogen-bond acceptors (Lipinski definition) is 6. The van der Waals surface area contributed by atoms with Crippen molar-refractivity contribution in [1.29, 1.82) is 0 Å². The van der Waals surface area contributed by atoms with Crippen molar-refractivity contribution in [2.24, 2.45) is 0 Å². The zero-order chi connectivity index (χ0) is 20.5. The Morgan fingerprint density at radius 3 is 2.59 bits per heavy atom. The minimum absolute atomic E-state index is 0.196. The lowest BCUT2D eigenvalue weighted by Gasteiger charge is -2.13. The van der Waals surface area contributed by atoms with Crippen molar-refractivity contribution in [3.8, 4) is 22.4 Å². The van der Waals surface area contributed by atoms with E-state index in [4.69, 9.17) is 5.73 Å². The number of fused-ring (bicyclic) bond motifs is 1. The maximum atomic E-state index is 12.4. The van der Waals surface area contributed by atoms with Crippen molar-refractivity contribution in [3.63, 3.8) is 0 Å². The molecular formula is C21H21N7O. The number of aromatic nitrogens is 4. The second kappa shape index (κ2) is 7.23. The predicted octanol–water partition coefficient (Wildman–Crippen LogP) is 3.01. The molecule has 3 heterocycles. The normalized spacial score (nSPS) is 10.9. The van der Waals surface area contributed by atoms with Gasteiger partial charge in [-0.1, -0.05) is 18.2 Å². The first-order valence-corrected chi connectivity index (χ1v) is 9.08. The summed E-state index contributed by atoms with van der Waals surface area (Å²) in [4.78, 5) is 22.5. The van der Waals surface area contributed by atoms with E-state index in [-0.39, 0.29) is 11.7 Å². The van der Waals surface area contributed by atoms with Crippen molar-refractivity contribution in [2.75, 3.05) is 32.2 Å². The highest BCUT2D eigenvalue weighted by Crippen LogP contribution is 2.33. The van der Waals surface area contributed by atoms with Crippen LogP contribution in [0.2, 0.25) is 0 Å². The van der Waals surface area contributed by atoms with Crippen LogP contribution < -0.4 is 11.1 Å². The standard InChI is InChI=1S/C21H21N7O/c1-23-17-7-5-4-6-14(17)18-15-8-12(11-25-20(15)27-26-18)13-9-16(19(22)24-10-13)21(29)28(2)3/h4-11,23H,1-3H3,(H2,22,24)(H,25,26,27). The monoisotopic (exact) mass is 387 g/mol. The number of aromatic amines is 1. The highest BCUT2D eigenvalue weighted by atomic mass is 16.2. The van der Waals surface area contributed by atoms with Crippen LogP contribution in [-0.4, -0.2) is 52.1 Å². The van der Waals surface area contributed by atoms with Gasteiger partial charge in [0.05, 0.1) is 11.3 Å². The van der Waals surface area contributed by atoms with E-state index in [9.17, 15) is 4.79 Å². The van der Waals surface area contributed by atoms with Gasteiger partial charge in [-0.15, -0.1) is 0 Å². The molecule has 0 aliphatic carbocycles. The summed E-state index contributed by atoms with van der Waals surface area (Å²) >= 11 is 0. The lowest BCUT2D eigenvalue weighted by atomic mass is 10.0. The molecule has 4 rings (SSSR count). The van der Waals surface area contributed by atoms with Crippen molar-refractivity contribution in [2.45, 2.75) is 0 Å². The van der Waals surface area contributed by atoms with Gasteiger partial charge in [0, 0.05) is 61.3 Å². The van der Waals surface area contributed by atoms with Crippen LogP contribution in [-0.2, 0) is 0 Å². The number of nitrogens with one attached hydrogen (secondary N) is 2. The van der Waals surface area contributed by atoms with Crippen LogP contribution in [0.25, 0.3) is 33.4 Å². The number of carbonyl (C=O) groups excluding carboxylic acids is 1. The van der Waals surface area contributed by atoms with E-state index in [2.05, 4.69) is 25.5 Å².